The minimum atomic E-state index is -3.23. The molecular weight excluding hydrogens is 418 g/mol. The second-order valence-corrected chi connectivity index (χ2v) is 6.35. The number of amides is 3. The number of alkyl halides is 2. The number of carbonyl (C=O) groups excluding carboxylic acids is 3. The van der Waals surface area contributed by atoms with Crippen molar-refractivity contribution in [3.8, 4) is 11.8 Å². The van der Waals surface area contributed by atoms with Crippen molar-refractivity contribution >= 4 is 36.8 Å². The molecule has 1 aromatic carbocycles. The number of nitrogens with zero attached hydrogens (tertiary/aromatic N) is 1. The van der Waals surface area contributed by atoms with Gasteiger partial charge in [0, 0.05) is 24.3 Å². The summed E-state index contributed by atoms with van der Waals surface area (Å²) in [5.74, 6) is 2.49. The molecule has 1 rings (SSSR count). The topological polar surface area (TPSA) is 120 Å². The number of rotatable bonds is 7. The van der Waals surface area contributed by atoms with Crippen LogP contribution >= 0.6 is 12.8 Å². The van der Waals surface area contributed by atoms with Crippen molar-refractivity contribution in [3.05, 3.63) is 47.5 Å². The van der Waals surface area contributed by atoms with Crippen LogP contribution < -0.4 is 16.1 Å². The Kier molecular flexibility index (Phi) is 9.67. The van der Waals surface area contributed by atoms with Crippen LogP contribution in [0.2, 0.25) is 0 Å². The van der Waals surface area contributed by atoms with Gasteiger partial charge in [-0.1, -0.05) is 11.8 Å². The van der Waals surface area contributed by atoms with Crippen molar-refractivity contribution in [2.75, 3.05) is 0 Å². The molecule has 160 valence electrons. The summed E-state index contributed by atoms with van der Waals surface area (Å²) < 4.78 is 30.7. The Bertz CT molecular complexity index is 894. The van der Waals surface area contributed by atoms with E-state index >= 15 is 0 Å². The summed E-state index contributed by atoms with van der Waals surface area (Å²) in [7, 11) is 0. The number of allylic oxidation sites excluding steroid dienone is 2. The molecule has 0 radical (unpaired) electrons. The summed E-state index contributed by atoms with van der Waals surface area (Å²) >= 11 is 3.64. The first-order valence-electron chi connectivity index (χ1n) is 8.41. The Hall–Kier alpha value is -3.23. The van der Waals surface area contributed by atoms with Crippen molar-refractivity contribution in [3.63, 3.8) is 0 Å². The highest BCUT2D eigenvalue weighted by molar-refractivity contribution is 7.78. The minimum absolute atomic E-state index is 0.0495. The number of hydrogen-bond acceptors (Lipinski definition) is 6. The molecule has 8 nitrogen and oxygen atoms in total. The van der Waals surface area contributed by atoms with Crippen LogP contribution in [0, 0.1) is 11.8 Å². The Morgan fingerprint density at radius 3 is 2.40 bits per heavy atom. The van der Waals surface area contributed by atoms with Gasteiger partial charge in [-0.05, 0) is 56.2 Å². The maximum absolute atomic E-state index is 13.6. The highest BCUT2D eigenvalue weighted by Crippen LogP contribution is 2.21. The van der Waals surface area contributed by atoms with E-state index in [0.29, 0.717) is 5.56 Å². The number of halogens is 2. The molecule has 0 aliphatic rings. The quantitative estimate of drug-likeness (QED) is 0.145. The number of benzene rings is 1. The molecule has 3 amide bonds. The first-order chi connectivity index (χ1) is 14.2. The van der Waals surface area contributed by atoms with E-state index in [1.807, 2.05) is 5.32 Å². The molecule has 0 spiro atoms. The highest BCUT2D eigenvalue weighted by atomic mass is 32.1. The fourth-order valence-electron chi connectivity index (χ4n) is 2.36. The predicted molar refractivity (Wildman–Crippen MR) is 109 cm³/mol. The lowest BCUT2D eigenvalue weighted by molar-refractivity contribution is -0.137. The molecule has 0 fully saturated rings. The average molecular weight is 438 g/mol. The molecular formula is C19H20F2N4O4S. The van der Waals surface area contributed by atoms with Crippen LogP contribution in [0.4, 0.5) is 8.78 Å². The summed E-state index contributed by atoms with van der Waals surface area (Å²) in [5, 5.41) is 13.0. The van der Waals surface area contributed by atoms with Gasteiger partial charge >= 0.3 is 0 Å². The van der Waals surface area contributed by atoms with Crippen LogP contribution in [-0.2, 0) is 9.59 Å². The number of hydrogen-bond donors (Lipinski definition) is 5. The molecule has 0 aliphatic heterocycles. The van der Waals surface area contributed by atoms with Crippen molar-refractivity contribution in [1.82, 2.24) is 16.1 Å². The SMILES string of the molecule is CC(=O)NC(C)(C(F)F)C(NC(=O)c1ccc(C#C/C=C/C=N\S)cc1)C(=O)NO. The van der Waals surface area contributed by atoms with Crippen LogP contribution in [-0.4, -0.2) is 47.1 Å². The van der Waals surface area contributed by atoms with Gasteiger partial charge in [-0.2, -0.15) is 0 Å². The van der Waals surface area contributed by atoms with Crippen molar-refractivity contribution in [2.45, 2.75) is 31.9 Å². The van der Waals surface area contributed by atoms with Crippen LogP contribution in [0.15, 0.2) is 40.8 Å². The molecule has 0 saturated carbocycles. The number of hydroxylamine groups is 1. The zero-order valence-electron chi connectivity index (χ0n) is 16.0. The summed E-state index contributed by atoms with van der Waals surface area (Å²) in [6.07, 6.45) is 1.30. The zero-order chi connectivity index (χ0) is 22.7. The Morgan fingerprint density at radius 2 is 1.90 bits per heavy atom. The van der Waals surface area contributed by atoms with Gasteiger partial charge in [-0.25, -0.2) is 18.7 Å². The van der Waals surface area contributed by atoms with Crippen molar-refractivity contribution < 1.29 is 28.4 Å². The third-order valence-electron chi connectivity index (χ3n) is 3.84. The fourth-order valence-corrected chi connectivity index (χ4v) is 2.44. The minimum Gasteiger partial charge on any atom is -0.343 e. The van der Waals surface area contributed by atoms with E-state index in [-0.39, 0.29) is 5.56 Å². The highest BCUT2D eigenvalue weighted by Gasteiger charge is 2.48. The standard InChI is InChI=1S/C19H20F2N4O4S/c1-12(26)24-19(2,18(20)21)15(17(28)25-29)23-16(27)14-9-7-13(8-10-14)6-4-3-5-11-22-30/h3,5,7-11,15,18,29-30H,1-2H3,(H,23,27)(H,24,26)(H,25,28)/b5-3+,22-11-. The molecule has 2 unspecified atom stereocenters. The number of thiol groups is 1. The summed E-state index contributed by atoms with van der Waals surface area (Å²) in [6, 6.07) is 3.83. The third kappa shape index (κ3) is 6.98. The van der Waals surface area contributed by atoms with Gasteiger partial charge in [0.2, 0.25) is 5.91 Å². The van der Waals surface area contributed by atoms with E-state index in [4.69, 9.17) is 5.21 Å². The monoisotopic (exact) mass is 438 g/mol. The van der Waals surface area contributed by atoms with E-state index < -0.39 is 35.7 Å². The second kappa shape index (κ2) is 11.7. The lowest BCUT2D eigenvalue weighted by Gasteiger charge is -2.36. The van der Waals surface area contributed by atoms with Crippen LogP contribution in [0.1, 0.15) is 29.8 Å². The summed E-state index contributed by atoms with van der Waals surface area (Å²) in [4.78, 5) is 35.8. The largest absolute Gasteiger partial charge is 0.343 e. The zero-order valence-corrected chi connectivity index (χ0v) is 16.9. The molecule has 30 heavy (non-hydrogen) atoms. The van der Waals surface area contributed by atoms with E-state index in [9.17, 15) is 23.2 Å². The third-order valence-corrected chi connectivity index (χ3v) is 3.98. The lowest BCUT2D eigenvalue weighted by atomic mass is 9.91. The maximum atomic E-state index is 13.6. The van der Waals surface area contributed by atoms with Crippen molar-refractivity contribution in [1.29, 1.82) is 0 Å². The molecule has 4 N–H and O–H groups in total. The van der Waals surface area contributed by atoms with Gasteiger partial charge in [0.1, 0.15) is 11.6 Å². The smallest absolute Gasteiger partial charge is 0.268 e. The molecule has 0 aliphatic carbocycles. The first kappa shape index (κ1) is 24.8. The second-order valence-electron chi connectivity index (χ2n) is 6.12. The molecule has 11 heteroatoms. The normalized spacial score (nSPS) is 14.0. The van der Waals surface area contributed by atoms with Crippen LogP contribution in [0.3, 0.4) is 0 Å². The van der Waals surface area contributed by atoms with E-state index in [1.165, 1.54) is 42.0 Å². The van der Waals surface area contributed by atoms with E-state index in [0.717, 1.165) is 13.8 Å². The van der Waals surface area contributed by atoms with E-state index in [2.05, 4.69) is 34.4 Å². The Morgan fingerprint density at radius 1 is 1.27 bits per heavy atom. The molecule has 0 aromatic heterocycles. The Balaban J connectivity index is 3.07. The van der Waals surface area contributed by atoms with Gasteiger partial charge < -0.3 is 10.6 Å². The maximum Gasteiger partial charge on any atom is 0.268 e. The fraction of sp³-hybridized carbons (Fsp3) is 0.263. The van der Waals surface area contributed by atoms with Crippen LogP contribution in [0.25, 0.3) is 0 Å². The molecule has 1 aromatic rings. The van der Waals surface area contributed by atoms with Gasteiger partial charge in [0.25, 0.3) is 18.2 Å². The van der Waals surface area contributed by atoms with Crippen molar-refractivity contribution in [2.24, 2.45) is 4.40 Å². The van der Waals surface area contributed by atoms with Crippen LogP contribution in [0.5, 0.6) is 0 Å². The van der Waals surface area contributed by atoms with Gasteiger partial charge in [0.15, 0.2) is 0 Å². The Labute approximate surface area is 177 Å². The first-order valence-corrected chi connectivity index (χ1v) is 8.81. The molecule has 0 bridgehead atoms. The summed E-state index contributed by atoms with van der Waals surface area (Å²) in [6.45, 7) is 1.86. The summed E-state index contributed by atoms with van der Waals surface area (Å²) in [5.41, 5.74) is -0.626. The lowest BCUT2D eigenvalue weighted by Crippen LogP contribution is -2.68. The molecule has 0 saturated heterocycles. The number of nitrogens with one attached hydrogen (secondary N) is 3. The van der Waals surface area contributed by atoms with Gasteiger partial charge in [0.05, 0.1) is 0 Å². The molecule has 2 atom stereocenters. The van der Waals surface area contributed by atoms with Gasteiger partial charge in [-0.15, -0.1) is 0 Å². The van der Waals surface area contributed by atoms with Gasteiger partial charge in [-0.3, -0.25) is 19.6 Å². The van der Waals surface area contributed by atoms with E-state index in [1.54, 1.807) is 6.08 Å². The number of carbonyl (C=O) groups is 3. The molecule has 0 heterocycles. The predicted octanol–water partition coefficient (Wildman–Crippen LogP) is 1.27. The average Bonchev–Trinajstić information content (AvgIpc) is 2.70.